The van der Waals surface area contributed by atoms with E-state index in [1.165, 1.54) is 27.7 Å². The number of hydrogen-bond donors (Lipinski definition) is 0. The third kappa shape index (κ3) is 5.80. The van der Waals surface area contributed by atoms with Gasteiger partial charge < -0.3 is 23.7 Å². The van der Waals surface area contributed by atoms with Gasteiger partial charge in [0, 0.05) is 27.7 Å². The Hall–Kier alpha value is -2.16. The Morgan fingerprint density at radius 1 is 0.792 bits per heavy atom. The highest BCUT2D eigenvalue weighted by Gasteiger charge is 2.49. The van der Waals surface area contributed by atoms with Gasteiger partial charge in [-0.05, 0) is 0 Å². The van der Waals surface area contributed by atoms with E-state index in [1.54, 1.807) is 6.92 Å². The fourth-order valence-electron chi connectivity index (χ4n) is 2.37. The molecule has 0 radical (unpaired) electrons. The minimum Gasteiger partial charge on any atom is -0.463 e. The van der Waals surface area contributed by atoms with Crippen LogP contribution in [0.25, 0.3) is 0 Å². The highest BCUT2D eigenvalue weighted by atomic mass is 16.7. The predicted molar refractivity (Wildman–Crippen MR) is 77.3 cm³/mol. The Kier molecular flexibility index (Phi) is 7.15. The average Bonchev–Trinajstić information content (AvgIpc) is 2.42. The quantitative estimate of drug-likeness (QED) is 0.513. The maximum Gasteiger partial charge on any atom is 0.304 e. The van der Waals surface area contributed by atoms with E-state index in [2.05, 4.69) is 0 Å². The van der Waals surface area contributed by atoms with E-state index >= 15 is 0 Å². The molecule has 1 aliphatic heterocycles. The molecule has 5 atom stereocenters. The first-order valence-electron chi connectivity index (χ1n) is 7.42. The van der Waals surface area contributed by atoms with Gasteiger partial charge in [-0.1, -0.05) is 6.92 Å². The van der Waals surface area contributed by atoms with E-state index in [9.17, 15) is 19.2 Å². The molecule has 1 rings (SSSR count). The lowest BCUT2D eigenvalue weighted by molar-refractivity contribution is -0.281. The van der Waals surface area contributed by atoms with Crippen LogP contribution in [0.15, 0.2) is 0 Å². The van der Waals surface area contributed by atoms with Crippen LogP contribution < -0.4 is 0 Å². The highest BCUT2D eigenvalue weighted by molar-refractivity contribution is 5.68. The first kappa shape index (κ1) is 19.9. The van der Waals surface area contributed by atoms with Crippen molar-refractivity contribution in [3.8, 4) is 0 Å². The Labute approximate surface area is 139 Å². The molecule has 0 saturated carbocycles. The van der Waals surface area contributed by atoms with Gasteiger partial charge in [0.2, 0.25) is 6.29 Å². The minimum absolute atomic E-state index is 0.254. The van der Waals surface area contributed by atoms with Crippen LogP contribution in [0.5, 0.6) is 0 Å². The number of esters is 4. The van der Waals surface area contributed by atoms with Crippen molar-refractivity contribution in [3.05, 3.63) is 0 Å². The summed E-state index contributed by atoms with van der Waals surface area (Å²) in [4.78, 5) is 45.1. The van der Waals surface area contributed by atoms with Crippen LogP contribution in [0.1, 0.15) is 34.6 Å². The fraction of sp³-hybridized carbons (Fsp3) is 0.733. The molecule has 24 heavy (non-hydrogen) atoms. The van der Waals surface area contributed by atoms with Gasteiger partial charge in [0.1, 0.15) is 18.8 Å². The molecule has 0 aliphatic carbocycles. The number of rotatable bonds is 5. The second-order valence-electron chi connectivity index (χ2n) is 5.46. The number of ether oxygens (including phenoxy) is 5. The number of hydrogen-bond acceptors (Lipinski definition) is 9. The molecule has 0 spiro atoms. The summed E-state index contributed by atoms with van der Waals surface area (Å²) in [6.07, 6.45) is -3.93. The molecule has 0 aromatic heterocycles. The topological polar surface area (TPSA) is 114 Å². The van der Waals surface area contributed by atoms with Crippen molar-refractivity contribution < 1.29 is 42.9 Å². The van der Waals surface area contributed by atoms with Crippen molar-refractivity contribution >= 4 is 23.9 Å². The summed E-state index contributed by atoms with van der Waals surface area (Å²) in [5.41, 5.74) is 0. The molecular weight excluding hydrogens is 324 g/mol. The zero-order valence-electron chi connectivity index (χ0n) is 14.3. The van der Waals surface area contributed by atoms with Crippen molar-refractivity contribution in [3.63, 3.8) is 0 Å². The van der Waals surface area contributed by atoms with Crippen molar-refractivity contribution in [2.24, 2.45) is 5.92 Å². The van der Waals surface area contributed by atoms with Gasteiger partial charge in [0.05, 0.1) is 5.92 Å². The minimum atomic E-state index is -1.04. The Bertz CT molecular complexity index is 485. The third-order valence-corrected chi connectivity index (χ3v) is 3.28. The van der Waals surface area contributed by atoms with Crippen LogP contribution in [-0.2, 0) is 42.9 Å². The molecule has 0 amide bonds. The monoisotopic (exact) mass is 346 g/mol. The summed E-state index contributed by atoms with van der Waals surface area (Å²) in [6, 6.07) is 0. The van der Waals surface area contributed by atoms with Gasteiger partial charge >= 0.3 is 23.9 Å². The smallest absolute Gasteiger partial charge is 0.304 e. The number of carbonyl (C=O) groups excluding carboxylic acids is 4. The molecule has 1 aliphatic rings. The molecule has 0 N–H and O–H groups in total. The molecule has 0 aromatic carbocycles. The van der Waals surface area contributed by atoms with Gasteiger partial charge in [-0.25, -0.2) is 0 Å². The second-order valence-corrected chi connectivity index (χ2v) is 5.46. The van der Waals surface area contributed by atoms with Crippen molar-refractivity contribution in [1.29, 1.82) is 0 Å². The Morgan fingerprint density at radius 2 is 1.29 bits per heavy atom. The molecule has 2 unspecified atom stereocenters. The molecule has 1 fully saturated rings. The van der Waals surface area contributed by atoms with Crippen LogP contribution in [0, 0.1) is 5.92 Å². The van der Waals surface area contributed by atoms with Crippen LogP contribution in [-0.4, -0.2) is 55.1 Å². The maximum absolute atomic E-state index is 11.4. The van der Waals surface area contributed by atoms with Crippen molar-refractivity contribution in [1.82, 2.24) is 0 Å². The molecule has 136 valence electrons. The molecule has 9 heteroatoms. The summed E-state index contributed by atoms with van der Waals surface area (Å²) in [5.74, 6) is -2.97. The predicted octanol–water partition coefficient (Wildman–Crippen LogP) is 0.337. The summed E-state index contributed by atoms with van der Waals surface area (Å²) < 4.78 is 26.0. The lowest BCUT2D eigenvalue weighted by atomic mass is 9.92. The van der Waals surface area contributed by atoms with E-state index < -0.39 is 54.4 Å². The summed E-state index contributed by atoms with van der Waals surface area (Å²) in [7, 11) is 0. The molecular formula is C15H22O9. The molecule has 0 aromatic rings. The zero-order valence-corrected chi connectivity index (χ0v) is 14.3. The first-order chi connectivity index (χ1) is 11.1. The van der Waals surface area contributed by atoms with Crippen LogP contribution in [0.4, 0.5) is 0 Å². The average molecular weight is 346 g/mol. The van der Waals surface area contributed by atoms with Crippen LogP contribution >= 0.6 is 0 Å². The maximum atomic E-state index is 11.4. The molecule has 1 saturated heterocycles. The van der Waals surface area contributed by atoms with Crippen molar-refractivity contribution in [2.75, 3.05) is 6.61 Å². The first-order valence-corrected chi connectivity index (χ1v) is 7.42. The summed E-state index contributed by atoms with van der Waals surface area (Å²) in [6.45, 7) is 6.18. The van der Waals surface area contributed by atoms with E-state index in [-0.39, 0.29) is 6.61 Å². The number of carbonyl (C=O) groups is 4. The van der Waals surface area contributed by atoms with E-state index in [1.807, 2.05) is 0 Å². The Balaban J connectivity index is 3.08. The van der Waals surface area contributed by atoms with E-state index in [4.69, 9.17) is 23.7 Å². The van der Waals surface area contributed by atoms with Crippen molar-refractivity contribution in [2.45, 2.75) is 59.2 Å². The van der Waals surface area contributed by atoms with Crippen LogP contribution in [0.3, 0.4) is 0 Å². The lowest BCUT2D eigenvalue weighted by Crippen LogP contribution is -2.58. The largest absolute Gasteiger partial charge is 0.463 e. The SMILES string of the molecule is CC(=O)OCC1O[C@H](OC(C)=O)C(C)[C@@H](OC(C)=O)[C@@H]1OC(C)=O. The van der Waals surface area contributed by atoms with Gasteiger partial charge in [-0.15, -0.1) is 0 Å². The molecule has 9 nitrogen and oxygen atoms in total. The normalized spacial score (nSPS) is 29.3. The summed E-state index contributed by atoms with van der Waals surface area (Å²) >= 11 is 0. The summed E-state index contributed by atoms with van der Waals surface area (Å²) in [5, 5.41) is 0. The molecule has 0 bridgehead atoms. The fourth-order valence-corrected chi connectivity index (χ4v) is 2.37. The lowest BCUT2D eigenvalue weighted by Gasteiger charge is -2.43. The third-order valence-electron chi connectivity index (χ3n) is 3.28. The van der Waals surface area contributed by atoms with Gasteiger partial charge in [0.15, 0.2) is 6.10 Å². The zero-order chi connectivity index (χ0) is 18.4. The van der Waals surface area contributed by atoms with Gasteiger partial charge in [-0.2, -0.15) is 0 Å². The second kappa shape index (κ2) is 8.62. The van der Waals surface area contributed by atoms with Crippen LogP contribution in [0.2, 0.25) is 0 Å². The van der Waals surface area contributed by atoms with E-state index in [0.717, 1.165) is 0 Å². The highest BCUT2D eigenvalue weighted by Crippen LogP contribution is 2.31. The Morgan fingerprint density at radius 3 is 1.75 bits per heavy atom. The standard InChI is InChI=1S/C15H22O9/c1-7-13(21-9(3)17)14(22-10(4)18)12(6-20-8(2)16)24-15(7)23-11(5)19/h7,12-15H,6H2,1-5H3/t7?,12?,13-,14-,15+/m1/s1. The molecule has 1 heterocycles. The van der Waals surface area contributed by atoms with Gasteiger partial charge in [0.25, 0.3) is 0 Å². The van der Waals surface area contributed by atoms with E-state index in [0.29, 0.717) is 0 Å². The van der Waals surface area contributed by atoms with Gasteiger partial charge in [-0.3, -0.25) is 19.2 Å².